The number of hydrogen-bond donors (Lipinski definition) is 3. The van der Waals surface area contributed by atoms with Crippen molar-refractivity contribution in [3.05, 3.63) is 76.7 Å². The predicted octanol–water partition coefficient (Wildman–Crippen LogP) is 5.16. The van der Waals surface area contributed by atoms with Crippen LogP contribution < -0.4 is 16.4 Å². The van der Waals surface area contributed by atoms with Crippen LogP contribution in [0.2, 0.25) is 0 Å². The molecule has 0 saturated carbocycles. The number of nitrogens with one attached hydrogen (secondary N) is 2. The van der Waals surface area contributed by atoms with Gasteiger partial charge in [-0.25, -0.2) is 9.97 Å². The number of pyridine rings is 1. The monoisotopic (exact) mass is 489 g/mol. The highest BCUT2D eigenvalue weighted by Crippen LogP contribution is 2.31. The molecule has 5 rings (SSSR count). The molecule has 0 aliphatic heterocycles. The smallest absolute Gasteiger partial charge is 0.265 e. The first-order valence-corrected chi connectivity index (χ1v) is 12.3. The number of carbonyl (C=O) groups is 1. The van der Waals surface area contributed by atoms with Crippen molar-refractivity contribution in [2.45, 2.75) is 6.54 Å². The molecule has 0 spiro atoms. The van der Waals surface area contributed by atoms with Gasteiger partial charge >= 0.3 is 0 Å². The van der Waals surface area contributed by atoms with Gasteiger partial charge in [-0.2, -0.15) is 0 Å². The minimum absolute atomic E-state index is 0.199. The number of imidazole rings is 1. The second-order valence-corrected chi connectivity index (χ2v) is 9.92. The SMILES string of the molecule is CN(C)Cc1cccn2c(-c3csc(Nc4ccc(C(=O)Nc5ccccc5N)s4)n3)cnc12. The Morgan fingerprint density at radius 1 is 1.15 bits per heavy atom. The Hall–Kier alpha value is -3.73. The average Bonchev–Trinajstić information content (AvgIpc) is 3.55. The van der Waals surface area contributed by atoms with Crippen molar-refractivity contribution in [1.82, 2.24) is 19.3 Å². The molecule has 34 heavy (non-hydrogen) atoms. The van der Waals surface area contributed by atoms with E-state index in [1.165, 1.54) is 22.7 Å². The molecular weight excluding hydrogens is 466 g/mol. The quantitative estimate of drug-likeness (QED) is 0.273. The second kappa shape index (κ2) is 9.26. The number of aromatic nitrogens is 3. The van der Waals surface area contributed by atoms with Crippen LogP contribution in [0.25, 0.3) is 17.0 Å². The maximum atomic E-state index is 12.6. The van der Waals surface area contributed by atoms with Gasteiger partial charge in [0.05, 0.1) is 33.1 Å². The standard InChI is InChI=1S/C24H23N7OS2/c1-30(2)13-15-6-5-11-31-19(12-26-22(15)31)18-14-33-24(28-18)29-21-10-9-20(34-21)23(32)27-17-8-4-3-7-16(17)25/h3-12,14H,13,25H2,1-2H3,(H,27,32)(H,28,29). The van der Waals surface area contributed by atoms with E-state index >= 15 is 0 Å². The van der Waals surface area contributed by atoms with Crippen LogP contribution in [-0.2, 0) is 6.54 Å². The van der Waals surface area contributed by atoms with Crippen LogP contribution >= 0.6 is 22.7 Å². The topological polar surface area (TPSA) is 101 Å². The summed E-state index contributed by atoms with van der Waals surface area (Å²) in [6, 6.07) is 15.0. The van der Waals surface area contributed by atoms with Crippen LogP contribution in [-0.4, -0.2) is 39.3 Å². The van der Waals surface area contributed by atoms with Gasteiger partial charge in [-0.1, -0.05) is 18.2 Å². The number of fused-ring (bicyclic) bond motifs is 1. The number of anilines is 4. The summed E-state index contributed by atoms with van der Waals surface area (Å²) in [5.41, 5.74) is 10.9. The number of benzene rings is 1. The van der Waals surface area contributed by atoms with Gasteiger partial charge in [-0.05, 0) is 44.4 Å². The van der Waals surface area contributed by atoms with Crippen molar-refractivity contribution < 1.29 is 4.79 Å². The van der Waals surface area contributed by atoms with Crippen molar-refractivity contribution in [2.75, 3.05) is 30.5 Å². The first-order valence-electron chi connectivity index (χ1n) is 10.6. The minimum atomic E-state index is -0.199. The third kappa shape index (κ3) is 4.51. The van der Waals surface area contributed by atoms with Crippen LogP contribution in [0, 0.1) is 0 Å². The van der Waals surface area contributed by atoms with Gasteiger partial charge in [0, 0.05) is 23.7 Å². The number of nitrogens with zero attached hydrogens (tertiary/aromatic N) is 4. The fourth-order valence-electron chi connectivity index (χ4n) is 3.60. The van der Waals surface area contributed by atoms with Crippen molar-refractivity contribution in [2.24, 2.45) is 0 Å². The molecule has 0 aliphatic rings. The predicted molar refractivity (Wildman–Crippen MR) is 140 cm³/mol. The number of nitrogens with two attached hydrogens (primary N) is 1. The van der Waals surface area contributed by atoms with Crippen LogP contribution in [0.4, 0.5) is 21.5 Å². The molecule has 1 aromatic carbocycles. The number of rotatable bonds is 7. The van der Waals surface area contributed by atoms with Crippen molar-refractivity contribution >= 4 is 55.7 Å². The number of carbonyl (C=O) groups excluding carboxylic acids is 1. The van der Waals surface area contributed by atoms with Crippen LogP contribution in [0.5, 0.6) is 0 Å². The molecule has 0 fully saturated rings. The van der Waals surface area contributed by atoms with Crippen LogP contribution in [0.15, 0.2) is 66.3 Å². The Balaban J connectivity index is 1.32. The summed E-state index contributed by atoms with van der Waals surface area (Å²) in [5.74, 6) is -0.199. The molecule has 10 heteroatoms. The van der Waals surface area contributed by atoms with Crippen molar-refractivity contribution in [1.29, 1.82) is 0 Å². The van der Waals surface area contributed by atoms with Gasteiger partial charge in [0.1, 0.15) is 11.3 Å². The lowest BCUT2D eigenvalue weighted by molar-refractivity contribution is 0.103. The molecule has 0 bridgehead atoms. The lowest BCUT2D eigenvalue weighted by Crippen LogP contribution is -2.11. The number of nitrogen functional groups attached to an aromatic ring is 1. The molecule has 4 N–H and O–H groups in total. The lowest BCUT2D eigenvalue weighted by Gasteiger charge is -2.10. The Morgan fingerprint density at radius 2 is 2.00 bits per heavy atom. The van der Waals surface area contributed by atoms with E-state index in [0.29, 0.717) is 16.3 Å². The zero-order valence-corrected chi connectivity index (χ0v) is 20.3. The molecule has 0 saturated heterocycles. The zero-order chi connectivity index (χ0) is 23.7. The molecule has 0 aliphatic carbocycles. The molecule has 0 atom stereocenters. The van der Waals surface area contributed by atoms with E-state index in [0.717, 1.165) is 39.3 Å². The van der Waals surface area contributed by atoms with E-state index in [1.807, 2.05) is 56.1 Å². The normalized spacial score (nSPS) is 11.3. The molecule has 0 radical (unpaired) electrons. The zero-order valence-electron chi connectivity index (χ0n) is 18.6. The maximum absolute atomic E-state index is 12.6. The highest BCUT2D eigenvalue weighted by Gasteiger charge is 2.15. The third-order valence-electron chi connectivity index (χ3n) is 5.14. The molecule has 5 aromatic rings. The number of amides is 1. The molecule has 8 nitrogen and oxygen atoms in total. The fourth-order valence-corrected chi connectivity index (χ4v) is 5.18. The van der Waals surface area contributed by atoms with Crippen LogP contribution in [0.3, 0.4) is 0 Å². The number of thiophene rings is 1. The first-order chi connectivity index (χ1) is 16.5. The first kappa shape index (κ1) is 22.1. The third-order valence-corrected chi connectivity index (χ3v) is 6.90. The summed E-state index contributed by atoms with van der Waals surface area (Å²) in [7, 11) is 4.09. The van der Waals surface area contributed by atoms with E-state index in [1.54, 1.807) is 18.2 Å². The van der Waals surface area contributed by atoms with E-state index in [4.69, 9.17) is 10.7 Å². The Kier molecular flexibility index (Phi) is 6.01. The molecule has 4 aromatic heterocycles. The van der Waals surface area contributed by atoms with Gasteiger partial charge in [-0.15, -0.1) is 22.7 Å². The highest BCUT2D eigenvalue weighted by atomic mass is 32.1. The highest BCUT2D eigenvalue weighted by molar-refractivity contribution is 7.19. The van der Waals surface area contributed by atoms with Gasteiger partial charge in [0.15, 0.2) is 5.13 Å². The van der Waals surface area contributed by atoms with E-state index in [9.17, 15) is 4.79 Å². The summed E-state index contributed by atoms with van der Waals surface area (Å²) >= 11 is 2.86. The largest absolute Gasteiger partial charge is 0.397 e. The van der Waals surface area contributed by atoms with Gasteiger partial charge in [0.2, 0.25) is 0 Å². The van der Waals surface area contributed by atoms with Gasteiger partial charge in [-0.3, -0.25) is 9.20 Å². The molecule has 0 unspecified atom stereocenters. The van der Waals surface area contributed by atoms with E-state index < -0.39 is 0 Å². The maximum Gasteiger partial charge on any atom is 0.265 e. The summed E-state index contributed by atoms with van der Waals surface area (Å²) in [4.78, 5) is 24.7. The Labute approximate surface area is 204 Å². The summed E-state index contributed by atoms with van der Waals surface area (Å²) in [6.45, 7) is 0.815. The summed E-state index contributed by atoms with van der Waals surface area (Å²) in [6.07, 6.45) is 3.86. The number of para-hydroxylation sites is 2. The van der Waals surface area contributed by atoms with Crippen LogP contribution in [0.1, 0.15) is 15.2 Å². The lowest BCUT2D eigenvalue weighted by atomic mass is 10.2. The molecular formula is C24H23N7OS2. The van der Waals surface area contributed by atoms with Gasteiger partial charge in [0.25, 0.3) is 5.91 Å². The average molecular weight is 490 g/mol. The number of thiazole rings is 1. The second-order valence-electron chi connectivity index (χ2n) is 7.98. The summed E-state index contributed by atoms with van der Waals surface area (Å²) < 4.78 is 2.07. The number of hydrogen-bond acceptors (Lipinski definition) is 8. The van der Waals surface area contributed by atoms with E-state index in [2.05, 4.69) is 31.0 Å². The summed E-state index contributed by atoms with van der Waals surface area (Å²) in [5, 5.41) is 9.74. The molecule has 4 heterocycles. The fraction of sp³-hybridized carbons (Fsp3) is 0.125. The molecule has 1 amide bonds. The van der Waals surface area contributed by atoms with Gasteiger partial charge < -0.3 is 21.3 Å². The van der Waals surface area contributed by atoms with Crippen molar-refractivity contribution in [3.63, 3.8) is 0 Å². The van der Waals surface area contributed by atoms with Crippen molar-refractivity contribution in [3.8, 4) is 11.4 Å². The minimum Gasteiger partial charge on any atom is -0.397 e. The van der Waals surface area contributed by atoms with E-state index in [-0.39, 0.29) is 5.91 Å². The Bertz CT molecular complexity index is 1470. The Morgan fingerprint density at radius 3 is 2.82 bits per heavy atom. The molecule has 172 valence electrons.